The molecule has 2 heterocycles. The van der Waals surface area contributed by atoms with E-state index in [-0.39, 0.29) is 5.84 Å². The van der Waals surface area contributed by atoms with E-state index in [9.17, 15) is 0 Å². The Bertz CT molecular complexity index is 570. The molecular weight excluding hydrogens is 258 g/mol. The number of aryl methyl sites for hydroxylation is 2. The molecule has 0 unspecified atom stereocenters. The topological polar surface area (TPSA) is 70.9 Å². The van der Waals surface area contributed by atoms with E-state index in [0.717, 1.165) is 30.2 Å². The van der Waals surface area contributed by atoms with Gasteiger partial charge in [0.1, 0.15) is 11.7 Å². The number of hydrogen-bond acceptors (Lipinski definition) is 4. The summed E-state index contributed by atoms with van der Waals surface area (Å²) in [5.41, 5.74) is 7.24. The average molecular weight is 277 g/mol. The molecule has 0 bridgehead atoms. The van der Waals surface area contributed by atoms with Crippen LogP contribution in [-0.4, -0.2) is 22.2 Å². The molecule has 0 saturated carbocycles. The lowest BCUT2D eigenvalue weighted by Gasteiger charge is -2.23. The molecule has 6 heteroatoms. The normalized spacial score (nSPS) is 10.7. The first-order valence-corrected chi connectivity index (χ1v) is 7.07. The largest absolute Gasteiger partial charge is 0.384 e. The van der Waals surface area contributed by atoms with Crippen molar-refractivity contribution in [3.05, 3.63) is 33.6 Å². The third-order valence-electron chi connectivity index (χ3n) is 3.07. The van der Waals surface area contributed by atoms with E-state index >= 15 is 0 Å². The lowest BCUT2D eigenvalue weighted by atomic mass is 10.2. The van der Waals surface area contributed by atoms with Crippen LogP contribution in [0.15, 0.2) is 17.5 Å². The Morgan fingerprint density at radius 3 is 2.84 bits per heavy atom. The number of rotatable bonds is 5. The van der Waals surface area contributed by atoms with Gasteiger partial charge < -0.3 is 10.6 Å². The van der Waals surface area contributed by atoms with Crippen LogP contribution in [0, 0.1) is 12.3 Å². The summed E-state index contributed by atoms with van der Waals surface area (Å²) in [5, 5.41) is 14.2. The zero-order chi connectivity index (χ0) is 14.0. The van der Waals surface area contributed by atoms with Gasteiger partial charge in [-0.1, -0.05) is 6.07 Å². The second-order valence-corrected chi connectivity index (χ2v) is 5.45. The first-order valence-electron chi connectivity index (χ1n) is 6.19. The van der Waals surface area contributed by atoms with Crippen LogP contribution in [0.4, 0.5) is 5.82 Å². The third kappa shape index (κ3) is 2.63. The maximum absolute atomic E-state index is 7.75. The average Bonchev–Trinajstić information content (AvgIpc) is 2.93. The second-order valence-electron chi connectivity index (χ2n) is 4.41. The van der Waals surface area contributed by atoms with Gasteiger partial charge in [-0.05, 0) is 25.3 Å². The highest BCUT2D eigenvalue weighted by molar-refractivity contribution is 7.09. The standard InChI is InChI=1S/C13H19N5S/c1-4-18(8-10-6-5-7-19-10)13-11(12(14)15)9(2)16-17(13)3/h5-7H,4,8H2,1-3H3,(H3,14,15). The number of thiophene rings is 1. The van der Waals surface area contributed by atoms with Gasteiger partial charge in [0.15, 0.2) is 0 Å². The minimum atomic E-state index is 0.0743. The van der Waals surface area contributed by atoms with E-state index in [4.69, 9.17) is 11.1 Å². The highest BCUT2D eigenvalue weighted by Crippen LogP contribution is 2.25. The van der Waals surface area contributed by atoms with Gasteiger partial charge in [0.25, 0.3) is 0 Å². The lowest BCUT2D eigenvalue weighted by molar-refractivity contribution is 0.708. The number of hydrogen-bond donors (Lipinski definition) is 2. The third-order valence-corrected chi connectivity index (χ3v) is 3.93. The highest BCUT2D eigenvalue weighted by atomic mass is 32.1. The monoisotopic (exact) mass is 277 g/mol. The summed E-state index contributed by atoms with van der Waals surface area (Å²) >= 11 is 1.73. The predicted octanol–water partition coefficient (Wildman–Crippen LogP) is 2.10. The molecule has 3 N–H and O–H groups in total. The molecule has 0 amide bonds. The van der Waals surface area contributed by atoms with Crippen molar-refractivity contribution in [3.8, 4) is 0 Å². The van der Waals surface area contributed by atoms with Gasteiger partial charge in [-0.15, -0.1) is 11.3 Å². The number of aromatic nitrogens is 2. The zero-order valence-electron chi connectivity index (χ0n) is 11.5. The van der Waals surface area contributed by atoms with Crippen LogP contribution >= 0.6 is 11.3 Å². The summed E-state index contributed by atoms with van der Waals surface area (Å²) < 4.78 is 1.81. The van der Waals surface area contributed by atoms with E-state index in [1.807, 2.05) is 24.7 Å². The second kappa shape index (κ2) is 5.44. The van der Waals surface area contributed by atoms with Crippen molar-refractivity contribution in [3.63, 3.8) is 0 Å². The van der Waals surface area contributed by atoms with Crippen molar-refractivity contribution in [2.45, 2.75) is 20.4 Å². The zero-order valence-corrected chi connectivity index (χ0v) is 12.3. The maximum atomic E-state index is 7.75. The molecule has 5 nitrogen and oxygen atoms in total. The Morgan fingerprint density at radius 2 is 2.32 bits per heavy atom. The Balaban J connectivity index is 2.40. The van der Waals surface area contributed by atoms with Crippen molar-refractivity contribution in [1.82, 2.24) is 9.78 Å². The molecule has 19 heavy (non-hydrogen) atoms. The molecular formula is C13H19N5S. The number of nitrogen functional groups attached to an aromatic ring is 1. The van der Waals surface area contributed by atoms with Crippen LogP contribution in [0.5, 0.6) is 0 Å². The van der Waals surface area contributed by atoms with Crippen LogP contribution in [-0.2, 0) is 13.6 Å². The van der Waals surface area contributed by atoms with Crippen LogP contribution < -0.4 is 10.6 Å². The predicted molar refractivity (Wildman–Crippen MR) is 80.0 cm³/mol. The molecule has 0 aliphatic heterocycles. The molecule has 102 valence electrons. The van der Waals surface area contributed by atoms with Crippen LogP contribution in [0.3, 0.4) is 0 Å². The molecule has 0 fully saturated rings. The van der Waals surface area contributed by atoms with Gasteiger partial charge in [-0.25, -0.2) is 0 Å². The molecule has 0 aliphatic rings. The molecule has 0 aliphatic carbocycles. The first kappa shape index (κ1) is 13.6. The Hall–Kier alpha value is -1.82. The Morgan fingerprint density at radius 1 is 1.58 bits per heavy atom. The van der Waals surface area contributed by atoms with Crippen LogP contribution in [0.1, 0.15) is 23.1 Å². The van der Waals surface area contributed by atoms with Crippen molar-refractivity contribution < 1.29 is 0 Å². The summed E-state index contributed by atoms with van der Waals surface area (Å²) in [6, 6.07) is 4.16. The van der Waals surface area contributed by atoms with Crippen molar-refractivity contribution in [1.29, 1.82) is 5.41 Å². The van der Waals surface area contributed by atoms with Crippen molar-refractivity contribution >= 4 is 23.0 Å². The van der Waals surface area contributed by atoms with Gasteiger partial charge >= 0.3 is 0 Å². The minimum absolute atomic E-state index is 0.0743. The summed E-state index contributed by atoms with van der Waals surface area (Å²) in [5.74, 6) is 0.992. The smallest absolute Gasteiger partial charge is 0.138 e. The van der Waals surface area contributed by atoms with Crippen molar-refractivity contribution in [2.75, 3.05) is 11.4 Å². The fraction of sp³-hybridized carbons (Fsp3) is 0.385. The van der Waals surface area contributed by atoms with Gasteiger partial charge in [0, 0.05) is 18.5 Å². The molecule has 2 aromatic heterocycles. The fourth-order valence-electron chi connectivity index (χ4n) is 2.25. The van der Waals surface area contributed by atoms with E-state index in [1.54, 1.807) is 11.3 Å². The highest BCUT2D eigenvalue weighted by Gasteiger charge is 2.20. The van der Waals surface area contributed by atoms with Gasteiger partial charge in [-0.2, -0.15) is 5.10 Å². The quantitative estimate of drug-likeness (QED) is 0.649. The molecule has 0 saturated heterocycles. The van der Waals surface area contributed by atoms with Crippen LogP contribution in [0.2, 0.25) is 0 Å². The molecule has 0 aromatic carbocycles. The van der Waals surface area contributed by atoms with Crippen molar-refractivity contribution in [2.24, 2.45) is 12.8 Å². The SMILES string of the molecule is CCN(Cc1cccs1)c1c(C(=N)N)c(C)nn1C. The number of anilines is 1. The number of nitrogens with zero attached hydrogens (tertiary/aromatic N) is 3. The summed E-state index contributed by atoms with van der Waals surface area (Å²) in [6.07, 6.45) is 0. The maximum Gasteiger partial charge on any atom is 0.138 e. The van der Waals surface area contributed by atoms with Gasteiger partial charge in [0.05, 0.1) is 17.8 Å². The van der Waals surface area contributed by atoms with Gasteiger partial charge in [-0.3, -0.25) is 10.1 Å². The molecule has 0 atom stereocenters. The molecule has 0 radical (unpaired) electrons. The van der Waals surface area contributed by atoms with Crippen LogP contribution in [0.25, 0.3) is 0 Å². The summed E-state index contributed by atoms with van der Waals surface area (Å²) in [7, 11) is 1.89. The van der Waals surface area contributed by atoms with E-state index in [0.29, 0.717) is 0 Å². The summed E-state index contributed by atoms with van der Waals surface area (Å²) in [4.78, 5) is 3.48. The van der Waals surface area contributed by atoms with E-state index in [2.05, 4.69) is 28.4 Å². The first-order chi connectivity index (χ1) is 9.04. The Labute approximate surface area is 117 Å². The van der Waals surface area contributed by atoms with Gasteiger partial charge in [0.2, 0.25) is 0 Å². The van der Waals surface area contributed by atoms with E-state index in [1.165, 1.54) is 4.88 Å². The fourth-order valence-corrected chi connectivity index (χ4v) is 2.97. The Kier molecular flexibility index (Phi) is 3.90. The van der Waals surface area contributed by atoms with E-state index < -0.39 is 0 Å². The summed E-state index contributed by atoms with van der Waals surface area (Å²) in [6.45, 7) is 5.64. The number of nitrogens with one attached hydrogen (secondary N) is 1. The minimum Gasteiger partial charge on any atom is -0.384 e. The molecule has 2 aromatic rings. The molecule has 2 rings (SSSR count). The lowest BCUT2D eigenvalue weighted by Crippen LogP contribution is -2.27. The number of nitrogens with two attached hydrogens (primary N) is 1. The molecule has 0 spiro atoms. The number of amidine groups is 1.